The molecule has 0 spiro atoms. The second-order valence-corrected chi connectivity index (χ2v) is 7.11. The van der Waals surface area contributed by atoms with Crippen molar-refractivity contribution in [3.63, 3.8) is 0 Å². The van der Waals surface area contributed by atoms with Crippen LogP contribution in [0.4, 0.5) is 4.39 Å². The topological polar surface area (TPSA) is 46.9 Å². The van der Waals surface area contributed by atoms with Crippen LogP contribution < -0.4 is 5.32 Å². The number of rotatable bonds is 6. The number of hydrogen-bond acceptors (Lipinski definition) is 3. The van der Waals surface area contributed by atoms with Gasteiger partial charge < -0.3 is 9.88 Å². The van der Waals surface area contributed by atoms with E-state index in [1.807, 2.05) is 40.3 Å². The molecule has 4 aromatic rings. The highest BCUT2D eigenvalue weighted by Crippen LogP contribution is 2.27. The zero-order chi connectivity index (χ0) is 18.6. The normalized spacial score (nSPS) is 11.0. The summed E-state index contributed by atoms with van der Waals surface area (Å²) in [5.41, 5.74) is 2.03. The molecule has 0 radical (unpaired) electrons. The first-order valence-corrected chi connectivity index (χ1v) is 9.58. The summed E-state index contributed by atoms with van der Waals surface area (Å²) >= 11 is 1.55. The Morgan fingerprint density at radius 3 is 2.81 bits per heavy atom. The highest BCUT2D eigenvalue weighted by Gasteiger charge is 2.17. The van der Waals surface area contributed by atoms with Crippen molar-refractivity contribution < 1.29 is 9.18 Å². The van der Waals surface area contributed by atoms with Gasteiger partial charge in [0.05, 0.1) is 6.54 Å². The quantitative estimate of drug-likeness (QED) is 0.544. The standard InChI is InChI=1S/C21H18FN3OS/c22-18-7-2-1-5-16(18)14-25-19(13-15-9-12-27-21(15)25)20(26)24-11-8-17-6-3-4-10-23-17/h1-7,9-10,12-13H,8,11,14H2,(H,24,26). The molecule has 0 aliphatic heterocycles. The molecule has 6 heteroatoms. The third kappa shape index (κ3) is 3.75. The Balaban J connectivity index is 1.55. The predicted molar refractivity (Wildman–Crippen MR) is 106 cm³/mol. The summed E-state index contributed by atoms with van der Waals surface area (Å²) < 4.78 is 16.0. The van der Waals surface area contributed by atoms with Crippen molar-refractivity contribution in [2.45, 2.75) is 13.0 Å². The molecule has 0 fully saturated rings. The monoisotopic (exact) mass is 379 g/mol. The predicted octanol–water partition coefficient (Wildman–Crippen LogP) is 4.26. The van der Waals surface area contributed by atoms with Gasteiger partial charge in [0.1, 0.15) is 16.3 Å². The van der Waals surface area contributed by atoms with Crippen LogP contribution in [0, 0.1) is 5.82 Å². The fourth-order valence-electron chi connectivity index (χ4n) is 3.06. The van der Waals surface area contributed by atoms with Crippen molar-refractivity contribution in [3.05, 3.63) is 88.9 Å². The molecular weight excluding hydrogens is 361 g/mol. The summed E-state index contributed by atoms with van der Waals surface area (Å²) in [4.78, 5) is 18.0. The maximum absolute atomic E-state index is 14.1. The molecule has 1 amide bonds. The summed E-state index contributed by atoms with van der Waals surface area (Å²) in [6.07, 6.45) is 2.40. The Bertz CT molecular complexity index is 1070. The van der Waals surface area contributed by atoms with Crippen LogP contribution in [0.3, 0.4) is 0 Å². The number of thiophene rings is 1. The van der Waals surface area contributed by atoms with Crippen LogP contribution >= 0.6 is 11.3 Å². The summed E-state index contributed by atoms with van der Waals surface area (Å²) in [6.45, 7) is 0.814. The molecular formula is C21H18FN3OS. The van der Waals surface area contributed by atoms with Crippen LogP contribution in [-0.2, 0) is 13.0 Å². The van der Waals surface area contributed by atoms with Crippen LogP contribution in [0.1, 0.15) is 21.7 Å². The highest BCUT2D eigenvalue weighted by atomic mass is 32.1. The van der Waals surface area contributed by atoms with E-state index in [0.29, 0.717) is 30.8 Å². The first-order valence-electron chi connectivity index (χ1n) is 8.70. The molecule has 1 N–H and O–H groups in total. The minimum atomic E-state index is -0.266. The van der Waals surface area contributed by atoms with E-state index in [9.17, 15) is 9.18 Å². The first kappa shape index (κ1) is 17.4. The number of halogens is 1. The summed E-state index contributed by atoms with van der Waals surface area (Å²) in [6, 6.07) is 16.2. The number of hydrogen-bond donors (Lipinski definition) is 1. The van der Waals surface area contributed by atoms with Gasteiger partial charge in [-0.25, -0.2) is 4.39 Å². The van der Waals surface area contributed by atoms with E-state index in [1.54, 1.807) is 35.7 Å². The van der Waals surface area contributed by atoms with Gasteiger partial charge in [0, 0.05) is 35.8 Å². The minimum Gasteiger partial charge on any atom is -0.350 e. The van der Waals surface area contributed by atoms with E-state index < -0.39 is 0 Å². The van der Waals surface area contributed by atoms with E-state index in [1.165, 1.54) is 6.07 Å². The fourth-order valence-corrected chi connectivity index (χ4v) is 3.95. The number of carbonyl (C=O) groups excluding carboxylic acids is 1. The van der Waals surface area contributed by atoms with Crippen molar-refractivity contribution in [1.82, 2.24) is 14.9 Å². The molecule has 3 heterocycles. The van der Waals surface area contributed by atoms with Gasteiger partial charge in [0.2, 0.25) is 0 Å². The van der Waals surface area contributed by atoms with Crippen molar-refractivity contribution in [1.29, 1.82) is 0 Å². The van der Waals surface area contributed by atoms with Gasteiger partial charge in [-0.3, -0.25) is 9.78 Å². The lowest BCUT2D eigenvalue weighted by Crippen LogP contribution is -2.28. The average Bonchev–Trinajstić information content (AvgIpc) is 3.27. The molecule has 136 valence electrons. The van der Waals surface area contributed by atoms with E-state index in [4.69, 9.17) is 0 Å². The number of nitrogens with zero attached hydrogens (tertiary/aromatic N) is 2. The molecule has 3 aromatic heterocycles. The van der Waals surface area contributed by atoms with Gasteiger partial charge in [0.15, 0.2) is 0 Å². The summed E-state index contributed by atoms with van der Waals surface area (Å²) in [5.74, 6) is -0.428. The number of nitrogens with one attached hydrogen (secondary N) is 1. The Labute approximate surface area is 160 Å². The van der Waals surface area contributed by atoms with Gasteiger partial charge >= 0.3 is 0 Å². The highest BCUT2D eigenvalue weighted by molar-refractivity contribution is 7.16. The van der Waals surface area contributed by atoms with Crippen LogP contribution in [-0.4, -0.2) is 22.0 Å². The Hall–Kier alpha value is -2.99. The molecule has 1 aromatic carbocycles. The van der Waals surface area contributed by atoms with E-state index >= 15 is 0 Å². The Morgan fingerprint density at radius 1 is 1.15 bits per heavy atom. The number of amides is 1. The molecule has 4 rings (SSSR count). The molecule has 0 saturated carbocycles. The third-order valence-corrected chi connectivity index (χ3v) is 5.37. The fraction of sp³-hybridized carbons (Fsp3) is 0.143. The van der Waals surface area contributed by atoms with Gasteiger partial charge in [-0.15, -0.1) is 11.3 Å². The Kier molecular flexibility index (Phi) is 4.98. The second kappa shape index (κ2) is 7.72. The molecule has 0 unspecified atom stereocenters. The summed E-state index contributed by atoms with van der Waals surface area (Å²) in [7, 11) is 0. The number of carbonyl (C=O) groups is 1. The van der Waals surface area contributed by atoms with Gasteiger partial charge in [-0.1, -0.05) is 24.3 Å². The lowest BCUT2D eigenvalue weighted by atomic mass is 10.2. The molecule has 0 atom stereocenters. The largest absolute Gasteiger partial charge is 0.350 e. The third-order valence-electron chi connectivity index (χ3n) is 4.41. The van der Waals surface area contributed by atoms with Crippen molar-refractivity contribution in [3.8, 4) is 0 Å². The minimum absolute atomic E-state index is 0.161. The Morgan fingerprint density at radius 2 is 2.00 bits per heavy atom. The average molecular weight is 379 g/mol. The van der Waals surface area contributed by atoms with Gasteiger partial charge in [-0.2, -0.15) is 0 Å². The lowest BCUT2D eigenvalue weighted by Gasteiger charge is -2.11. The molecule has 27 heavy (non-hydrogen) atoms. The van der Waals surface area contributed by atoms with Crippen LogP contribution in [0.25, 0.3) is 10.2 Å². The van der Waals surface area contributed by atoms with E-state index in [2.05, 4.69) is 10.3 Å². The van der Waals surface area contributed by atoms with E-state index in [0.717, 1.165) is 15.9 Å². The number of fused-ring (bicyclic) bond motifs is 1. The molecule has 0 aliphatic carbocycles. The maximum atomic E-state index is 14.1. The second-order valence-electron chi connectivity index (χ2n) is 6.22. The SMILES string of the molecule is O=C(NCCc1ccccn1)c1cc2ccsc2n1Cc1ccccc1F. The zero-order valence-electron chi connectivity index (χ0n) is 14.6. The molecule has 0 bridgehead atoms. The van der Waals surface area contributed by atoms with Gasteiger partial charge in [0.25, 0.3) is 5.91 Å². The van der Waals surface area contributed by atoms with Crippen LogP contribution in [0.15, 0.2) is 66.2 Å². The zero-order valence-corrected chi connectivity index (χ0v) is 15.4. The number of benzene rings is 1. The number of aromatic nitrogens is 2. The number of pyridine rings is 1. The van der Waals surface area contributed by atoms with E-state index in [-0.39, 0.29) is 11.7 Å². The first-order chi connectivity index (χ1) is 13.2. The molecule has 0 aliphatic rings. The van der Waals surface area contributed by atoms with Crippen molar-refractivity contribution in [2.75, 3.05) is 6.54 Å². The molecule has 0 saturated heterocycles. The molecule has 4 nitrogen and oxygen atoms in total. The van der Waals surface area contributed by atoms with Gasteiger partial charge in [-0.05, 0) is 35.7 Å². The smallest absolute Gasteiger partial charge is 0.267 e. The lowest BCUT2D eigenvalue weighted by molar-refractivity contribution is 0.0945. The maximum Gasteiger partial charge on any atom is 0.267 e. The van der Waals surface area contributed by atoms with Crippen LogP contribution in [0.2, 0.25) is 0 Å². The van der Waals surface area contributed by atoms with Crippen molar-refractivity contribution in [2.24, 2.45) is 0 Å². The van der Waals surface area contributed by atoms with Crippen molar-refractivity contribution >= 4 is 27.5 Å². The van der Waals surface area contributed by atoms with Crippen LogP contribution in [0.5, 0.6) is 0 Å². The summed E-state index contributed by atoms with van der Waals surface area (Å²) in [5, 5.41) is 5.92.